The molecule has 2 aromatic rings. The van der Waals surface area contributed by atoms with Gasteiger partial charge in [0.25, 0.3) is 11.8 Å². The fourth-order valence-electron chi connectivity index (χ4n) is 2.25. The van der Waals surface area contributed by atoms with E-state index in [-0.39, 0.29) is 4.32 Å². The molecule has 138 valence electrons. The van der Waals surface area contributed by atoms with E-state index in [0.717, 1.165) is 16.8 Å². The second-order valence-corrected chi connectivity index (χ2v) is 7.81. The van der Waals surface area contributed by atoms with E-state index in [2.05, 4.69) is 5.43 Å². The lowest BCUT2D eigenvalue weighted by atomic mass is 10.2. The maximum Gasteiger partial charge on any atom is 0.285 e. The maximum absolute atomic E-state index is 12.6. The average Bonchev–Trinajstić information content (AvgIpc) is 2.92. The van der Waals surface area contributed by atoms with Crippen molar-refractivity contribution in [3.63, 3.8) is 0 Å². The molecule has 0 spiro atoms. The van der Waals surface area contributed by atoms with Gasteiger partial charge in [-0.2, -0.15) is 5.01 Å². The number of methoxy groups -OCH3 is 1. The third kappa shape index (κ3) is 4.27. The van der Waals surface area contributed by atoms with Crippen LogP contribution in [0.15, 0.2) is 47.4 Å². The van der Waals surface area contributed by atoms with Gasteiger partial charge in [-0.05, 0) is 54.7 Å². The number of hydrazine groups is 1. The van der Waals surface area contributed by atoms with Crippen molar-refractivity contribution in [3.05, 3.63) is 68.5 Å². The Labute approximate surface area is 175 Å². The van der Waals surface area contributed by atoms with Gasteiger partial charge in [-0.3, -0.25) is 15.0 Å². The Morgan fingerprint density at radius 3 is 2.41 bits per heavy atom. The van der Waals surface area contributed by atoms with E-state index in [1.165, 1.54) is 7.11 Å². The van der Waals surface area contributed by atoms with Crippen LogP contribution in [0, 0.1) is 0 Å². The minimum Gasteiger partial charge on any atom is -0.497 e. The van der Waals surface area contributed by atoms with Gasteiger partial charge in [-0.25, -0.2) is 0 Å². The molecule has 3 rings (SSSR count). The Hall–Kier alpha value is -2.06. The number of hydrogen-bond donors (Lipinski definition) is 1. The average molecular weight is 439 g/mol. The van der Waals surface area contributed by atoms with Crippen LogP contribution in [0.25, 0.3) is 6.08 Å². The minimum absolute atomic E-state index is 0.205. The largest absolute Gasteiger partial charge is 0.497 e. The molecule has 0 bridgehead atoms. The number of hydrogen-bond acceptors (Lipinski definition) is 5. The summed E-state index contributed by atoms with van der Waals surface area (Å²) in [4.78, 5) is 25.3. The van der Waals surface area contributed by atoms with E-state index in [4.69, 9.17) is 40.2 Å². The molecule has 27 heavy (non-hydrogen) atoms. The van der Waals surface area contributed by atoms with E-state index in [1.807, 2.05) is 0 Å². The van der Waals surface area contributed by atoms with Crippen LogP contribution >= 0.6 is 47.2 Å². The summed E-state index contributed by atoms with van der Waals surface area (Å²) >= 11 is 18.5. The monoisotopic (exact) mass is 438 g/mol. The van der Waals surface area contributed by atoms with Gasteiger partial charge in [0.1, 0.15) is 5.75 Å². The number of thioether (sulfide) groups is 1. The number of thiocarbonyl (C=S) groups is 1. The number of carbonyl (C=O) groups excluding carboxylic acids is 2. The Morgan fingerprint density at radius 1 is 1.19 bits per heavy atom. The molecule has 1 N–H and O–H groups in total. The van der Waals surface area contributed by atoms with Crippen LogP contribution in [-0.2, 0) is 4.79 Å². The van der Waals surface area contributed by atoms with Crippen LogP contribution in [0.2, 0.25) is 10.0 Å². The third-order valence-corrected chi connectivity index (χ3v) is 5.60. The third-order valence-electron chi connectivity index (χ3n) is 3.63. The molecule has 1 aliphatic heterocycles. The fourth-order valence-corrected chi connectivity index (χ4v) is 3.92. The summed E-state index contributed by atoms with van der Waals surface area (Å²) in [6.45, 7) is 0. The highest BCUT2D eigenvalue weighted by Crippen LogP contribution is 2.35. The summed E-state index contributed by atoms with van der Waals surface area (Å²) in [5.41, 5.74) is 3.39. The molecule has 0 atom stereocenters. The van der Waals surface area contributed by atoms with Crippen molar-refractivity contribution in [2.24, 2.45) is 0 Å². The SMILES string of the molecule is COc1ccc(C(=O)NN2C(=O)/C(=C\c3c(Cl)cccc3Cl)SC2=S)cc1. The van der Waals surface area contributed by atoms with Gasteiger partial charge in [0, 0.05) is 21.2 Å². The molecule has 0 aliphatic carbocycles. The first-order valence-electron chi connectivity index (χ1n) is 7.57. The predicted octanol–water partition coefficient (Wildman–Crippen LogP) is 4.55. The van der Waals surface area contributed by atoms with Crippen molar-refractivity contribution in [1.82, 2.24) is 10.4 Å². The summed E-state index contributed by atoms with van der Waals surface area (Å²) in [5, 5.41) is 1.86. The molecule has 5 nitrogen and oxygen atoms in total. The van der Waals surface area contributed by atoms with Gasteiger partial charge in [0.2, 0.25) is 0 Å². The number of halogens is 2. The van der Waals surface area contributed by atoms with Crippen molar-refractivity contribution in [3.8, 4) is 5.75 Å². The van der Waals surface area contributed by atoms with Crippen molar-refractivity contribution in [2.45, 2.75) is 0 Å². The molecule has 0 aromatic heterocycles. The van der Waals surface area contributed by atoms with Crippen LogP contribution in [0.4, 0.5) is 0 Å². The molecule has 0 saturated carbocycles. The van der Waals surface area contributed by atoms with Crippen LogP contribution in [0.3, 0.4) is 0 Å². The molecule has 1 aliphatic rings. The molecule has 9 heteroatoms. The van der Waals surface area contributed by atoms with Crippen molar-refractivity contribution < 1.29 is 14.3 Å². The highest BCUT2D eigenvalue weighted by molar-refractivity contribution is 8.26. The van der Waals surface area contributed by atoms with Gasteiger partial charge in [-0.1, -0.05) is 41.0 Å². The topological polar surface area (TPSA) is 58.6 Å². The Balaban J connectivity index is 1.79. The predicted molar refractivity (Wildman–Crippen MR) is 112 cm³/mol. The second kappa shape index (κ2) is 8.31. The Morgan fingerprint density at radius 2 is 1.81 bits per heavy atom. The number of rotatable bonds is 4. The first-order chi connectivity index (χ1) is 12.9. The van der Waals surface area contributed by atoms with E-state index in [0.29, 0.717) is 31.8 Å². The van der Waals surface area contributed by atoms with E-state index in [1.54, 1.807) is 48.5 Å². The number of nitrogens with zero attached hydrogens (tertiary/aromatic N) is 1. The van der Waals surface area contributed by atoms with Gasteiger partial charge < -0.3 is 4.74 Å². The van der Waals surface area contributed by atoms with Crippen LogP contribution < -0.4 is 10.2 Å². The highest BCUT2D eigenvalue weighted by atomic mass is 35.5. The number of carbonyl (C=O) groups is 2. The van der Waals surface area contributed by atoms with E-state index >= 15 is 0 Å². The molecule has 2 aromatic carbocycles. The number of nitrogens with one attached hydrogen (secondary N) is 1. The standard InChI is InChI=1S/C18H12Cl2N2O3S2/c1-25-11-7-5-10(6-8-11)16(23)21-22-17(24)15(27-18(22)26)9-12-13(19)3-2-4-14(12)20/h2-9H,1H3,(H,21,23)/b15-9+. The van der Waals surface area contributed by atoms with Gasteiger partial charge >= 0.3 is 0 Å². The molecule has 0 radical (unpaired) electrons. The van der Waals surface area contributed by atoms with Gasteiger partial charge in [0.05, 0.1) is 12.0 Å². The van der Waals surface area contributed by atoms with E-state index < -0.39 is 11.8 Å². The lowest BCUT2D eigenvalue weighted by Gasteiger charge is -2.15. The number of amides is 2. The molecule has 1 fully saturated rings. The van der Waals surface area contributed by atoms with E-state index in [9.17, 15) is 9.59 Å². The fraction of sp³-hybridized carbons (Fsp3) is 0.0556. The summed E-state index contributed by atoms with van der Waals surface area (Å²) < 4.78 is 5.26. The zero-order valence-corrected chi connectivity index (χ0v) is 17.0. The normalized spacial score (nSPS) is 15.4. The first-order valence-corrected chi connectivity index (χ1v) is 9.56. The van der Waals surface area contributed by atoms with Crippen molar-refractivity contribution >= 4 is 69.4 Å². The number of ether oxygens (including phenoxy) is 1. The zero-order chi connectivity index (χ0) is 19.6. The van der Waals surface area contributed by atoms with Gasteiger partial charge in [-0.15, -0.1) is 0 Å². The summed E-state index contributed by atoms with van der Waals surface area (Å²) in [6, 6.07) is 11.5. The second-order valence-electron chi connectivity index (χ2n) is 5.32. The smallest absolute Gasteiger partial charge is 0.285 e. The minimum atomic E-state index is -0.467. The zero-order valence-electron chi connectivity index (χ0n) is 13.9. The maximum atomic E-state index is 12.6. The molecule has 1 heterocycles. The highest BCUT2D eigenvalue weighted by Gasteiger charge is 2.34. The Kier molecular flexibility index (Phi) is 6.06. The van der Waals surface area contributed by atoms with Crippen molar-refractivity contribution in [2.75, 3.05) is 7.11 Å². The summed E-state index contributed by atoms with van der Waals surface area (Å²) in [5.74, 6) is -0.300. The molecule has 0 unspecified atom stereocenters. The summed E-state index contributed by atoms with van der Waals surface area (Å²) in [6.07, 6.45) is 1.56. The number of benzene rings is 2. The first kappa shape index (κ1) is 19.7. The molecule has 1 saturated heterocycles. The lowest BCUT2D eigenvalue weighted by Crippen LogP contribution is -2.44. The van der Waals surface area contributed by atoms with Crippen LogP contribution in [-0.4, -0.2) is 28.3 Å². The summed E-state index contributed by atoms with van der Waals surface area (Å²) in [7, 11) is 1.53. The molecular weight excluding hydrogens is 427 g/mol. The molecule has 2 amide bonds. The lowest BCUT2D eigenvalue weighted by molar-refractivity contribution is -0.123. The molecular formula is C18H12Cl2N2O3S2. The Bertz CT molecular complexity index is 941. The van der Waals surface area contributed by atoms with Crippen molar-refractivity contribution in [1.29, 1.82) is 0 Å². The quantitative estimate of drug-likeness (QED) is 0.560. The van der Waals surface area contributed by atoms with Gasteiger partial charge in [0.15, 0.2) is 4.32 Å². The van der Waals surface area contributed by atoms with Crippen LogP contribution in [0.1, 0.15) is 15.9 Å². The van der Waals surface area contributed by atoms with Crippen LogP contribution in [0.5, 0.6) is 5.75 Å².